The van der Waals surface area contributed by atoms with Gasteiger partial charge in [0.05, 0.1) is 16.9 Å². The van der Waals surface area contributed by atoms with E-state index in [-0.39, 0.29) is 11.5 Å². The number of nitrogens with zero attached hydrogens (tertiary/aromatic N) is 4. The van der Waals surface area contributed by atoms with Gasteiger partial charge in [0, 0.05) is 30.7 Å². The van der Waals surface area contributed by atoms with E-state index in [9.17, 15) is 9.59 Å². The van der Waals surface area contributed by atoms with E-state index in [0.29, 0.717) is 40.4 Å². The Kier molecular flexibility index (Phi) is 6.58. The first-order chi connectivity index (χ1) is 14.2. The average molecular weight is 427 g/mol. The van der Waals surface area contributed by atoms with Crippen LogP contribution in [0.4, 0.5) is 0 Å². The Morgan fingerprint density at radius 3 is 2.53 bits per heavy atom. The minimum atomic E-state index is -0.394. The lowest BCUT2D eigenvalue weighted by atomic mass is 10.1. The average Bonchev–Trinajstić information content (AvgIpc) is 2.71. The van der Waals surface area contributed by atoms with Crippen molar-refractivity contribution in [1.82, 2.24) is 19.4 Å². The first kappa shape index (κ1) is 22.0. The van der Waals surface area contributed by atoms with Gasteiger partial charge in [0.2, 0.25) is 0 Å². The molecule has 0 fully saturated rings. The van der Waals surface area contributed by atoms with Crippen LogP contribution in [0.5, 0.6) is 0 Å². The molecule has 3 rings (SSSR count). The Morgan fingerprint density at radius 1 is 1.17 bits per heavy atom. The molecule has 0 spiro atoms. The Balaban J connectivity index is 2.08. The Bertz CT molecular complexity index is 1140. The van der Waals surface area contributed by atoms with Crippen molar-refractivity contribution in [3.63, 3.8) is 0 Å². The molecule has 0 aliphatic rings. The van der Waals surface area contributed by atoms with Crippen LogP contribution in [0.25, 0.3) is 10.9 Å². The van der Waals surface area contributed by atoms with Gasteiger partial charge in [-0.3, -0.25) is 14.2 Å². The van der Waals surface area contributed by atoms with E-state index < -0.39 is 6.04 Å². The van der Waals surface area contributed by atoms with Crippen molar-refractivity contribution < 1.29 is 4.79 Å². The molecule has 1 unspecified atom stereocenters. The highest BCUT2D eigenvalue weighted by atomic mass is 35.5. The zero-order valence-electron chi connectivity index (χ0n) is 18.0. The SMILES string of the molecule is Cc1ccccc1C(=O)N(CCN(C)C)C(C)c1nc2ccc(Cl)cc2c(=O)n1C. The van der Waals surface area contributed by atoms with E-state index in [0.717, 1.165) is 5.56 Å². The quantitative estimate of drug-likeness (QED) is 0.603. The van der Waals surface area contributed by atoms with Crippen LogP contribution in [0.1, 0.15) is 34.7 Å². The zero-order valence-corrected chi connectivity index (χ0v) is 18.8. The molecule has 2 aromatic carbocycles. The molecule has 0 bridgehead atoms. The van der Waals surface area contributed by atoms with Gasteiger partial charge in [0.1, 0.15) is 5.82 Å². The molecule has 0 radical (unpaired) electrons. The van der Waals surface area contributed by atoms with Gasteiger partial charge in [-0.1, -0.05) is 29.8 Å². The van der Waals surface area contributed by atoms with Gasteiger partial charge in [0.25, 0.3) is 11.5 Å². The predicted molar refractivity (Wildman–Crippen MR) is 121 cm³/mol. The van der Waals surface area contributed by atoms with Gasteiger partial charge in [-0.05, 0) is 57.8 Å². The number of hydrogen-bond donors (Lipinski definition) is 0. The number of carbonyl (C=O) groups excluding carboxylic acids is 1. The minimum absolute atomic E-state index is 0.0760. The van der Waals surface area contributed by atoms with Crippen LogP contribution in [-0.2, 0) is 7.05 Å². The highest BCUT2D eigenvalue weighted by molar-refractivity contribution is 6.31. The van der Waals surface area contributed by atoms with E-state index in [1.165, 1.54) is 4.57 Å². The van der Waals surface area contributed by atoms with Crippen LogP contribution in [0.2, 0.25) is 5.02 Å². The number of halogens is 1. The summed E-state index contributed by atoms with van der Waals surface area (Å²) >= 11 is 6.06. The van der Waals surface area contributed by atoms with Gasteiger partial charge >= 0.3 is 0 Å². The second-order valence-corrected chi connectivity index (χ2v) is 8.22. The van der Waals surface area contributed by atoms with Gasteiger partial charge in [-0.25, -0.2) is 4.98 Å². The largest absolute Gasteiger partial charge is 0.327 e. The fraction of sp³-hybridized carbons (Fsp3) is 0.348. The summed E-state index contributed by atoms with van der Waals surface area (Å²) in [5.41, 5.74) is 1.96. The second kappa shape index (κ2) is 8.98. The second-order valence-electron chi connectivity index (χ2n) is 7.79. The number of aromatic nitrogens is 2. The number of likely N-dealkylation sites (N-methyl/N-ethyl adjacent to an activating group) is 1. The van der Waals surface area contributed by atoms with Crippen molar-refractivity contribution in [1.29, 1.82) is 0 Å². The van der Waals surface area contributed by atoms with E-state index in [4.69, 9.17) is 16.6 Å². The van der Waals surface area contributed by atoms with Crippen LogP contribution in [0.3, 0.4) is 0 Å². The molecule has 1 heterocycles. The fourth-order valence-corrected chi connectivity index (χ4v) is 3.69. The number of fused-ring (bicyclic) bond motifs is 1. The molecule has 0 saturated heterocycles. The van der Waals surface area contributed by atoms with E-state index in [1.807, 2.05) is 57.1 Å². The molecule has 158 valence electrons. The van der Waals surface area contributed by atoms with Crippen LogP contribution < -0.4 is 5.56 Å². The van der Waals surface area contributed by atoms with E-state index >= 15 is 0 Å². The monoisotopic (exact) mass is 426 g/mol. The highest BCUT2D eigenvalue weighted by Crippen LogP contribution is 2.23. The lowest BCUT2D eigenvalue weighted by Crippen LogP contribution is -2.41. The predicted octanol–water partition coefficient (Wildman–Crippen LogP) is 3.66. The van der Waals surface area contributed by atoms with Gasteiger partial charge in [-0.2, -0.15) is 0 Å². The minimum Gasteiger partial charge on any atom is -0.327 e. The van der Waals surface area contributed by atoms with Crippen LogP contribution in [0.15, 0.2) is 47.3 Å². The van der Waals surface area contributed by atoms with Crippen LogP contribution >= 0.6 is 11.6 Å². The Labute approximate surface area is 181 Å². The molecule has 3 aromatic rings. The smallest absolute Gasteiger partial charge is 0.261 e. The number of benzene rings is 2. The number of hydrogen-bond acceptors (Lipinski definition) is 4. The van der Waals surface area contributed by atoms with Gasteiger partial charge in [-0.15, -0.1) is 0 Å². The maximum absolute atomic E-state index is 13.5. The summed E-state index contributed by atoms with van der Waals surface area (Å²) in [5.74, 6) is 0.461. The summed E-state index contributed by atoms with van der Waals surface area (Å²) in [4.78, 5) is 34.9. The third-order valence-corrected chi connectivity index (χ3v) is 5.57. The van der Waals surface area contributed by atoms with Crippen molar-refractivity contribution in [3.05, 3.63) is 74.8 Å². The molecule has 1 atom stereocenters. The molecule has 0 aliphatic carbocycles. The molecule has 1 amide bonds. The molecule has 7 heteroatoms. The summed E-state index contributed by atoms with van der Waals surface area (Å²) in [6.07, 6.45) is 0. The maximum Gasteiger partial charge on any atom is 0.261 e. The molecular formula is C23H27ClN4O2. The van der Waals surface area contributed by atoms with Crippen LogP contribution in [0, 0.1) is 6.92 Å². The van der Waals surface area contributed by atoms with Crippen molar-refractivity contribution in [3.8, 4) is 0 Å². The van der Waals surface area contributed by atoms with Crippen LogP contribution in [-0.4, -0.2) is 52.4 Å². The molecular weight excluding hydrogens is 400 g/mol. The lowest BCUT2D eigenvalue weighted by molar-refractivity contribution is 0.0665. The molecule has 6 nitrogen and oxygen atoms in total. The standard InChI is InChI=1S/C23H27ClN4O2/c1-15-8-6-7-9-18(15)23(30)28(13-12-26(3)4)16(2)21-25-20-11-10-17(24)14-19(20)22(29)27(21)5/h6-11,14,16H,12-13H2,1-5H3. The molecule has 0 N–H and O–H groups in total. The molecule has 0 aliphatic heterocycles. The number of carbonyl (C=O) groups is 1. The maximum atomic E-state index is 13.5. The normalized spacial score (nSPS) is 12.4. The first-order valence-electron chi connectivity index (χ1n) is 9.88. The summed E-state index contributed by atoms with van der Waals surface area (Å²) in [5, 5.41) is 0.954. The number of rotatable bonds is 6. The summed E-state index contributed by atoms with van der Waals surface area (Å²) in [7, 11) is 5.62. The van der Waals surface area contributed by atoms with Crippen molar-refractivity contribution in [2.45, 2.75) is 19.9 Å². The summed E-state index contributed by atoms with van der Waals surface area (Å²) in [6.45, 7) is 5.04. The van der Waals surface area contributed by atoms with Gasteiger partial charge in [0.15, 0.2) is 0 Å². The number of amides is 1. The van der Waals surface area contributed by atoms with Crippen molar-refractivity contribution in [2.24, 2.45) is 7.05 Å². The zero-order chi connectivity index (χ0) is 22.0. The highest BCUT2D eigenvalue weighted by Gasteiger charge is 2.27. The third kappa shape index (κ3) is 4.40. The molecule has 30 heavy (non-hydrogen) atoms. The first-order valence-corrected chi connectivity index (χ1v) is 10.3. The van der Waals surface area contributed by atoms with Crippen molar-refractivity contribution >= 4 is 28.4 Å². The molecule has 1 aromatic heterocycles. The summed E-state index contributed by atoms with van der Waals surface area (Å²) < 4.78 is 1.51. The molecule has 0 saturated carbocycles. The summed E-state index contributed by atoms with van der Waals surface area (Å²) in [6, 6.07) is 12.2. The van der Waals surface area contributed by atoms with Crippen molar-refractivity contribution in [2.75, 3.05) is 27.2 Å². The Hall–Kier alpha value is -2.70. The fourth-order valence-electron chi connectivity index (χ4n) is 3.52. The topological polar surface area (TPSA) is 58.4 Å². The van der Waals surface area contributed by atoms with E-state index in [1.54, 1.807) is 30.1 Å². The Morgan fingerprint density at radius 2 is 1.87 bits per heavy atom. The van der Waals surface area contributed by atoms with Gasteiger partial charge < -0.3 is 9.80 Å². The lowest BCUT2D eigenvalue weighted by Gasteiger charge is -2.31. The number of aryl methyl sites for hydroxylation is 1. The van der Waals surface area contributed by atoms with E-state index in [2.05, 4.69) is 0 Å². The third-order valence-electron chi connectivity index (χ3n) is 5.34.